The highest BCUT2D eigenvalue weighted by Crippen LogP contribution is 2.42. The van der Waals surface area contributed by atoms with Gasteiger partial charge in [0.25, 0.3) is 0 Å². The predicted molar refractivity (Wildman–Crippen MR) is 231 cm³/mol. The summed E-state index contributed by atoms with van der Waals surface area (Å²) >= 11 is 0. The van der Waals surface area contributed by atoms with Crippen molar-refractivity contribution in [2.24, 2.45) is 0 Å². The lowest BCUT2D eigenvalue weighted by atomic mass is 9.98. The van der Waals surface area contributed by atoms with Crippen LogP contribution in [-0.2, 0) is 0 Å². The molecule has 10 aromatic carbocycles. The molecule has 2 nitrogen and oxygen atoms in total. The molecule has 12 rings (SSSR count). The number of aromatic nitrogens is 2. The van der Waals surface area contributed by atoms with E-state index in [-0.39, 0.29) is 0 Å². The Hall–Kier alpha value is -7.16. The predicted octanol–water partition coefficient (Wildman–Crippen LogP) is 14.2. The van der Waals surface area contributed by atoms with Gasteiger partial charge in [0.05, 0.1) is 22.1 Å². The Labute approximate surface area is 311 Å². The van der Waals surface area contributed by atoms with Crippen molar-refractivity contribution in [3.8, 4) is 22.5 Å². The van der Waals surface area contributed by atoms with Crippen molar-refractivity contribution >= 4 is 86.7 Å². The lowest BCUT2D eigenvalue weighted by Gasteiger charge is -2.11. The zero-order valence-corrected chi connectivity index (χ0v) is 29.4. The summed E-state index contributed by atoms with van der Waals surface area (Å²) in [6, 6.07) is 71.7. The van der Waals surface area contributed by atoms with Crippen LogP contribution in [0.15, 0.2) is 194 Å². The minimum absolute atomic E-state index is 1.17. The summed E-state index contributed by atoms with van der Waals surface area (Å²) < 4.78 is 4.89. The average Bonchev–Trinajstić information content (AvgIpc) is 3.76. The van der Waals surface area contributed by atoms with E-state index in [0.717, 1.165) is 0 Å². The molecule has 0 aliphatic rings. The first-order chi connectivity index (χ1) is 26.8. The minimum Gasteiger partial charge on any atom is -0.309 e. The van der Waals surface area contributed by atoms with E-state index in [1.165, 1.54) is 109 Å². The van der Waals surface area contributed by atoms with E-state index in [1.807, 2.05) is 0 Å². The van der Waals surface area contributed by atoms with Crippen molar-refractivity contribution in [2.75, 3.05) is 0 Å². The molecule has 0 fully saturated rings. The van der Waals surface area contributed by atoms with Gasteiger partial charge in [0.15, 0.2) is 0 Å². The normalized spacial score (nSPS) is 12.1. The maximum absolute atomic E-state index is 2.44. The number of hydrogen-bond acceptors (Lipinski definition) is 0. The molecule has 0 saturated heterocycles. The first-order valence-electron chi connectivity index (χ1n) is 18.7. The highest BCUT2D eigenvalue weighted by molar-refractivity contribution is 6.23. The van der Waals surface area contributed by atoms with E-state index in [2.05, 4.69) is 203 Å². The number of hydrogen-bond donors (Lipinski definition) is 0. The summed E-state index contributed by atoms with van der Waals surface area (Å²) in [7, 11) is 0. The molecule has 0 radical (unpaired) electrons. The van der Waals surface area contributed by atoms with E-state index < -0.39 is 0 Å². The van der Waals surface area contributed by atoms with Gasteiger partial charge in [0.2, 0.25) is 0 Å². The monoisotopic (exact) mass is 684 g/mol. The fourth-order valence-electron chi connectivity index (χ4n) is 9.13. The minimum atomic E-state index is 1.17. The molecular weight excluding hydrogens is 653 g/mol. The summed E-state index contributed by atoms with van der Waals surface area (Å²) in [4.78, 5) is 0. The second kappa shape index (κ2) is 11.2. The van der Waals surface area contributed by atoms with Crippen LogP contribution < -0.4 is 0 Å². The van der Waals surface area contributed by atoms with Crippen molar-refractivity contribution in [1.29, 1.82) is 0 Å². The summed E-state index contributed by atoms with van der Waals surface area (Å²) in [5, 5.41) is 15.1. The van der Waals surface area contributed by atoms with Crippen molar-refractivity contribution in [2.45, 2.75) is 0 Å². The van der Waals surface area contributed by atoms with Crippen LogP contribution in [-0.4, -0.2) is 9.13 Å². The van der Waals surface area contributed by atoms with Crippen LogP contribution >= 0.6 is 0 Å². The molecule has 0 aliphatic heterocycles. The summed E-state index contributed by atoms with van der Waals surface area (Å²) in [6.45, 7) is 0. The molecule has 2 heterocycles. The van der Waals surface area contributed by atoms with E-state index in [4.69, 9.17) is 0 Å². The molecule has 12 aromatic rings. The van der Waals surface area contributed by atoms with Gasteiger partial charge in [-0.1, -0.05) is 133 Å². The van der Waals surface area contributed by atoms with Crippen LogP contribution in [0.1, 0.15) is 0 Å². The summed E-state index contributed by atoms with van der Waals surface area (Å²) in [6.07, 6.45) is 0. The SMILES string of the molecule is c1ccc2cc(-n3c4ccc(-c5ccc6c(c5)c5c7ccccc7ccc5n6-c5ccc6ccccc6c5)cc4c4c5ccccc5ccc43)ccc2c1. The molecule has 54 heavy (non-hydrogen) atoms. The summed E-state index contributed by atoms with van der Waals surface area (Å²) in [5.41, 5.74) is 9.62. The third kappa shape index (κ3) is 4.22. The zero-order chi connectivity index (χ0) is 35.3. The largest absolute Gasteiger partial charge is 0.309 e. The molecule has 250 valence electrons. The lowest BCUT2D eigenvalue weighted by Crippen LogP contribution is -1.94. The first kappa shape index (κ1) is 29.4. The Morgan fingerprint density at radius 1 is 0.241 bits per heavy atom. The second-order valence-electron chi connectivity index (χ2n) is 14.6. The molecule has 2 aromatic heterocycles. The molecule has 0 amide bonds. The third-order valence-corrected chi connectivity index (χ3v) is 11.6. The third-order valence-electron chi connectivity index (χ3n) is 11.6. The number of rotatable bonds is 3. The van der Waals surface area contributed by atoms with Crippen LogP contribution in [0.25, 0.3) is 109 Å². The maximum atomic E-state index is 2.44. The lowest BCUT2D eigenvalue weighted by molar-refractivity contribution is 1.19. The zero-order valence-electron chi connectivity index (χ0n) is 29.4. The maximum Gasteiger partial charge on any atom is 0.0547 e. The molecular formula is C52H32N2. The van der Waals surface area contributed by atoms with E-state index >= 15 is 0 Å². The van der Waals surface area contributed by atoms with Gasteiger partial charge in [-0.25, -0.2) is 0 Å². The smallest absolute Gasteiger partial charge is 0.0547 e. The van der Waals surface area contributed by atoms with E-state index in [0.29, 0.717) is 0 Å². The molecule has 0 bridgehead atoms. The van der Waals surface area contributed by atoms with Gasteiger partial charge in [-0.2, -0.15) is 0 Å². The van der Waals surface area contributed by atoms with E-state index in [1.54, 1.807) is 0 Å². The number of fused-ring (bicyclic) bond motifs is 12. The summed E-state index contributed by atoms with van der Waals surface area (Å²) in [5.74, 6) is 0. The fraction of sp³-hybridized carbons (Fsp3) is 0. The van der Waals surface area contributed by atoms with Gasteiger partial charge in [-0.15, -0.1) is 0 Å². The molecule has 0 spiro atoms. The highest BCUT2D eigenvalue weighted by Gasteiger charge is 2.19. The van der Waals surface area contributed by atoms with Crippen molar-refractivity contribution < 1.29 is 0 Å². The standard InChI is InChI=1S/C52H32N2/c1-3-13-37-29-41(23-17-33(37)9-1)53-47-25-21-39(31-45(47)51-43-15-7-5-11-35(43)19-27-49(51)53)40-22-26-48-46(32-40)52-44-16-8-6-12-36(44)20-28-50(52)54(48)42-24-18-34-10-2-4-14-38(34)30-42/h1-32H. The van der Waals surface area contributed by atoms with Crippen molar-refractivity contribution in [1.82, 2.24) is 9.13 Å². The van der Waals surface area contributed by atoms with Crippen molar-refractivity contribution in [3.63, 3.8) is 0 Å². The number of benzene rings is 10. The van der Waals surface area contributed by atoms with Crippen LogP contribution in [0.2, 0.25) is 0 Å². The molecule has 0 atom stereocenters. The molecule has 0 saturated carbocycles. The topological polar surface area (TPSA) is 9.86 Å². The van der Waals surface area contributed by atoms with Gasteiger partial charge < -0.3 is 9.13 Å². The highest BCUT2D eigenvalue weighted by atomic mass is 15.0. The Balaban J connectivity index is 1.13. The van der Waals surface area contributed by atoms with Crippen LogP contribution in [0.5, 0.6) is 0 Å². The fourth-order valence-corrected chi connectivity index (χ4v) is 9.13. The van der Waals surface area contributed by atoms with Gasteiger partial charge in [-0.05, 0) is 115 Å². The number of nitrogens with zero attached hydrogens (tertiary/aromatic N) is 2. The van der Waals surface area contributed by atoms with E-state index in [9.17, 15) is 0 Å². The molecule has 0 N–H and O–H groups in total. The van der Waals surface area contributed by atoms with Crippen molar-refractivity contribution in [3.05, 3.63) is 194 Å². The Morgan fingerprint density at radius 2 is 0.611 bits per heavy atom. The molecule has 0 aliphatic carbocycles. The second-order valence-corrected chi connectivity index (χ2v) is 14.6. The van der Waals surface area contributed by atoms with Gasteiger partial charge in [-0.3, -0.25) is 0 Å². The Kier molecular flexibility index (Phi) is 6.09. The average molecular weight is 685 g/mol. The van der Waals surface area contributed by atoms with Crippen LogP contribution in [0, 0.1) is 0 Å². The Morgan fingerprint density at radius 3 is 1.07 bits per heavy atom. The molecule has 2 heteroatoms. The molecule has 0 unspecified atom stereocenters. The van der Waals surface area contributed by atoms with Gasteiger partial charge in [0, 0.05) is 32.9 Å². The van der Waals surface area contributed by atoms with Gasteiger partial charge in [0.1, 0.15) is 0 Å². The Bertz CT molecular complexity index is 3270. The van der Waals surface area contributed by atoms with Gasteiger partial charge >= 0.3 is 0 Å². The van der Waals surface area contributed by atoms with Crippen LogP contribution in [0.4, 0.5) is 0 Å². The van der Waals surface area contributed by atoms with Crippen LogP contribution in [0.3, 0.4) is 0 Å². The quantitative estimate of drug-likeness (QED) is 0.175. The first-order valence-corrected chi connectivity index (χ1v) is 18.7.